The van der Waals surface area contributed by atoms with Gasteiger partial charge < -0.3 is 15.2 Å². The molecule has 2 N–H and O–H groups in total. The summed E-state index contributed by atoms with van der Waals surface area (Å²) in [6, 6.07) is 0.232. The Balaban J connectivity index is 2.44. The molecule has 0 aromatic heterocycles. The number of aliphatic hydroxyl groups excluding tert-OH is 1. The van der Waals surface area contributed by atoms with E-state index in [-0.39, 0.29) is 24.7 Å². The molecular formula is C9H18N2O3. The van der Waals surface area contributed by atoms with Crippen LogP contribution in [0.5, 0.6) is 0 Å². The van der Waals surface area contributed by atoms with Gasteiger partial charge in [-0.2, -0.15) is 0 Å². The summed E-state index contributed by atoms with van der Waals surface area (Å²) in [5, 5.41) is 11.5. The van der Waals surface area contributed by atoms with Crippen molar-refractivity contribution in [3.63, 3.8) is 0 Å². The van der Waals surface area contributed by atoms with Crippen LogP contribution in [0, 0.1) is 0 Å². The molecule has 5 nitrogen and oxygen atoms in total. The van der Waals surface area contributed by atoms with Gasteiger partial charge in [-0.3, -0.25) is 9.69 Å². The average Bonchev–Trinajstić information content (AvgIpc) is 2.21. The van der Waals surface area contributed by atoms with Crippen molar-refractivity contribution in [1.82, 2.24) is 10.2 Å². The second-order valence-electron chi connectivity index (χ2n) is 3.59. The first-order valence-electron chi connectivity index (χ1n) is 4.84. The zero-order chi connectivity index (χ0) is 10.6. The van der Waals surface area contributed by atoms with Gasteiger partial charge in [-0.05, 0) is 6.92 Å². The summed E-state index contributed by atoms with van der Waals surface area (Å²) in [6.07, 6.45) is -0.157. The number of aliphatic hydroxyl groups is 1. The predicted molar refractivity (Wildman–Crippen MR) is 51.9 cm³/mol. The summed E-state index contributed by atoms with van der Waals surface area (Å²) in [5.41, 5.74) is 0. The standard InChI is InChI=1S/C9H18N2O3/c1-7-6-14-8(5-12)3-11(7)4-9(13)10-2/h7-8,12H,3-6H2,1-2H3,(H,10,13). The van der Waals surface area contributed by atoms with Gasteiger partial charge >= 0.3 is 0 Å². The van der Waals surface area contributed by atoms with Gasteiger partial charge in [0.2, 0.25) is 5.91 Å². The van der Waals surface area contributed by atoms with Crippen molar-refractivity contribution in [2.45, 2.75) is 19.1 Å². The van der Waals surface area contributed by atoms with Crippen molar-refractivity contribution < 1.29 is 14.6 Å². The van der Waals surface area contributed by atoms with Crippen molar-refractivity contribution >= 4 is 5.91 Å². The van der Waals surface area contributed by atoms with E-state index < -0.39 is 0 Å². The molecule has 0 bridgehead atoms. The van der Waals surface area contributed by atoms with Crippen LogP contribution >= 0.6 is 0 Å². The number of ether oxygens (including phenoxy) is 1. The molecule has 0 aromatic carbocycles. The van der Waals surface area contributed by atoms with Crippen molar-refractivity contribution in [3.05, 3.63) is 0 Å². The number of hydrogen-bond donors (Lipinski definition) is 2. The van der Waals surface area contributed by atoms with Crippen LogP contribution in [0.4, 0.5) is 0 Å². The summed E-state index contributed by atoms with van der Waals surface area (Å²) < 4.78 is 5.36. The van der Waals surface area contributed by atoms with E-state index in [1.165, 1.54) is 0 Å². The molecule has 1 heterocycles. The molecule has 0 aliphatic carbocycles. The molecule has 0 saturated carbocycles. The van der Waals surface area contributed by atoms with Gasteiger partial charge in [0.15, 0.2) is 0 Å². The Kier molecular flexibility index (Phi) is 4.31. The van der Waals surface area contributed by atoms with Gasteiger partial charge in [0.25, 0.3) is 0 Å². The van der Waals surface area contributed by atoms with Crippen LogP contribution in [0.2, 0.25) is 0 Å². The lowest BCUT2D eigenvalue weighted by molar-refractivity contribution is -0.127. The van der Waals surface area contributed by atoms with Crippen LogP contribution in [0.1, 0.15) is 6.92 Å². The molecule has 0 aromatic rings. The molecular weight excluding hydrogens is 184 g/mol. The minimum atomic E-state index is -0.157. The largest absolute Gasteiger partial charge is 0.394 e. The lowest BCUT2D eigenvalue weighted by atomic mass is 10.2. The van der Waals surface area contributed by atoms with Crippen LogP contribution in [-0.2, 0) is 9.53 Å². The first kappa shape index (κ1) is 11.4. The molecule has 1 aliphatic rings. The van der Waals surface area contributed by atoms with E-state index in [0.717, 1.165) is 0 Å². The Morgan fingerprint density at radius 3 is 3.00 bits per heavy atom. The Morgan fingerprint density at radius 1 is 1.71 bits per heavy atom. The summed E-state index contributed by atoms with van der Waals surface area (Å²) in [7, 11) is 1.62. The lowest BCUT2D eigenvalue weighted by Crippen LogP contribution is -2.52. The fourth-order valence-electron chi connectivity index (χ4n) is 1.47. The van der Waals surface area contributed by atoms with E-state index in [1.54, 1.807) is 7.05 Å². The van der Waals surface area contributed by atoms with Crippen LogP contribution in [0.25, 0.3) is 0 Å². The van der Waals surface area contributed by atoms with E-state index in [1.807, 2.05) is 11.8 Å². The average molecular weight is 202 g/mol. The molecule has 1 fully saturated rings. The van der Waals surface area contributed by atoms with Crippen molar-refractivity contribution in [1.29, 1.82) is 0 Å². The molecule has 1 saturated heterocycles. The molecule has 0 radical (unpaired) electrons. The number of amides is 1. The number of carbonyl (C=O) groups is 1. The minimum absolute atomic E-state index is 0.00422. The van der Waals surface area contributed by atoms with E-state index in [2.05, 4.69) is 5.32 Å². The number of morpholine rings is 1. The van der Waals surface area contributed by atoms with Crippen molar-refractivity contribution in [3.8, 4) is 0 Å². The van der Waals surface area contributed by atoms with Gasteiger partial charge in [0, 0.05) is 19.6 Å². The Labute approximate surface area is 84.0 Å². The quantitative estimate of drug-likeness (QED) is 0.604. The highest BCUT2D eigenvalue weighted by molar-refractivity contribution is 5.77. The second-order valence-corrected chi connectivity index (χ2v) is 3.59. The molecule has 2 unspecified atom stereocenters. The summed E-state index contributed by atoms with van der Waals surface area (Å²) in [5.74, 6) is -0.00422. The lowest BCUT2D eigenvalue weighted by Gasteiger charge is -2.36. The fourth-order valence-corrected chi connectivity index (χ4v) is 1.47. The van der Waals surface area contributed by atoms with E-state index in [4.69, 9.17) is 9.84 Å². The van der Waals surface area contributed by atoms with Crippen LogP contribution < -0.4 is 5.32 Å². The zero-order valence-electron chi connectivity index (χ0n) is 8.69. The summed E-state index contributed by atoms with van der Waals surface area (Å²) in [4.78, 5) is 13.2. The number of hydrogen-bond acceptors (Lipinski definition) is 4. The van der Waals surface area contributed by atoms with Crippen LogP contribution in [-0.4, -0.2) is 61.4 Å². The monoisotopic (exact) mass is 202 g/mol. The number of likely N-dealkylation sites (N-methyl/N-ethyl adjacent to an activating group) is 1. The SMILES string of the molecule is CNC(=O)CN1CC(CO)OCC1C. The molecule has 14 heavy (non-hydrogen) atoms. The Hall–Kier alpha value is -0.650. The normalized spacial score (nSPS) is 28.8. The smallest absolute Gasteiger partial charge is 0.233 e. The molecule has 82 valence electrons. The van der Waals surface area contributed by atoms with Crippen LogP contribution in [0.3, 0.4) is 0 Å². The molecule has 1 aliphatic heterocycles. The van der Waals surface area contributed by atoms with Gasteiger partial charge in [0.1, 0.15) is 0 Å². The molecule has 0 spiro atoms. The topological polar surface area (TPSA) is 61.8 Å². The Bertz CT molecular complexity index is 198. The molecule has 1 amide bonds. The number of nitrogens with zero attached hydrogens (tertiary/aromatic N) is 1. The van der Waals surface area contributed by atoms with Gasteiger partial charge in [-0.25, -0.2) is 0 Å². The summed E-state index contributed by atoms with van der Waals surface area (Å²) in [6.45, 7) is 3.58. The van der Waals surface area contributed by atoms with E-state index in [9.17, 15) is 4.79 Å². The maximum Gasteiger partial charge on any atom is 0.233 e. The summed E-state index contributed by atoms with van der Waals surface area (Å²) >= 11 is 0. The minimum Gasteiger partial charge on any atom is -0.394 e. The fraction of sp³-hybridized carbons (Fsp3) is 0.889. The highest BCUT2D eigenvalue weighted by Gasteiger charge is 2.26. The first-order chi connectivity index (χ1) is 6.67. The predicted octanol–water partition coefficient (Wildman–Crippen LogP) is -1.19. The van der Waals surface area contributed by atoms with Crippen molar-refractivity contribution in [2.24, 2.45) is 0 Å². The number of nitrogens with one attached hydrogen (secondary N) is 1. The second kappa shape index (κ2) is 5.29. The molecule has 5 heteroatoms. The zero-order valence-corrected chi connectivity index (χ0v) is 8.69. The van der Waals surface area contributed by atoms with Gasteiger partial charge in [-0.1, -0.05) is 0 Å². The van der Waals surface area contributed by atoms with Gasteiger partial charge in [0.05, 0.1) is 25.9 Å². The third kappa shape index (κ3) is 2.94. The molecule has 2 atom stereocenters. The third-order valence-electron chi connectivity index (χ3n) is 2.46. The number of rotatable bonds is 3. The van der Waals surface area contributed by atoms with Gasteiger partial charge in [-0.15, -0.1) is 0 Å². The highest BCUT2D eigenvalue weighted by atomic mass is 16.5. The van der Waals surface area contributed by atoms with Crippen LogP contribution in [0.15, 0.2) is 0 Å². The van der Waals surface area contributed by atoms with Crippen molar-refractivity contribution in [2.75, 3.05) is 33.4 Å². The highest BCUT2D eigenvalue weighted by Crippen LogP contribution is 2.10. The maximum atomic E-state index is 11.2. The maximum absolute atomic E-state index is 11.2. The van der Waals surface area contributed by atoms with E-state index >= 15 is 0 Å². The third-order valence-corrected chi connectivity index (χ3v) is 2.46. The number of carbonyl (C=O) groups excluding carboxylic acids is 1. The molecule has 1 rings (SSSR count). The van der Waals surface area contributed by atoms with E-state index in [0.29, 0.717) is 19.7 Å². The Morgan fingerprint density at radius 2 is 2.43 bits per heavy atom. The first-order valence-corrected chi connectivity index (χ1v) is 4.84.